The molecule has 1 aliphatic carbocycles. The van der Waals surface area contributed by atoms with Crippen LogP contribution in [0.3, 0.4) is 0 Å². The molecule has 11 heteroatoms. The lowest BCUT2D eigenvalue weighted by Gasteiger charge is -2.37. The number of alkyl halides is 3. The standard InChI is InChI=1S/C17H26N4O2.C2HF3O2/c1-19-9-14(8-18-19)10-20-5-4-15-16(12-20)23-7-6-21(17(15)22)11-13-2-3-13;3-2(4,5)1(6)7/h8-9,13,15-16H,2-7,10-12H2,1H3;(H,6,7)/t15-,16+;/m1./s1. The van der Waals surface area contributed by atoms with Gasteiger partial charge in [0.25, 0.3) is 0 Å². The zero-order valence-electron chi connectivity index (χ0n) is 16.8. The van der Waals surface area contributed by atoms with Crippen molar-refractivity contribution >= 4 is 11.9 Å². The van der Waals surface area contributed by atoms with Crippen molar-refractivity contribution in [3.8, 4) is 0 Å². The highest BCUT2D eigenvalue weighted by molar-refractivity contribution is 5.80. The van der Waals surface area contributed by atoms with Crippen LogP contribution in [0.5, 0.6) is 0 Å². The van der Waals surface area contributed by atoms with Crippen molar-refractivity contribution < 1.29 is 32.6 Å². The average molecular weight is 432 g/mol. The molecule has 2 aliphatic heterocycles. The van der Waals surface area contributed by atoms with Crippen LogP contribution < -0.4 is 0 Å². The van der Waals surface area contributed by atoms with Gasteiger partial charge in [-0.2, -0.15) is 18.3 Å². The molecule has 0 aromatic carbocycles. The van der Waals surface area contributed by atoms with Gasteiger partial charge in [0, 0.05) is 45.0 Å². The summed E-state index contributed by atoms with van der Waals surface area (Å²) in [5.74, 6) is -1.62. The first kappa shape index (κ1) is 22.5. The smallest absolute Gasteiger partial charge is 0.475 e. The molecule has 30 heavy (non-hydrogen) atoms. The average Bonchev–Trinajstić information content (AvgIpc) is 3.42. The van der Waals surface area contributed by atoms with Crippen molar-refractivity contribution in [2.24, 2.45) is 18.9 Å². The second-order valence-electron chi connectivity index (χ2n) is 8.09. The number of carbonyl (C=O) groups is 2. The lowest BCUT2D eigenvalue weighted by molar-refractivity contribution is -0.192. The van der Waals surface area contributed by atoms with Gasteiger partial charge in [-0.05, 0) is 31.7 Å². The molecule has 1 N–H and O–H groups in total. The summed E-state index contributed by atoms with van der Waals surface area (Å²) in [6.45, 7) is 5.10. The van der Waals surface area contributed by atoms with Crippen LogP contribution in [0.4, 0.5) is 13.2 Å². The molecule has 1 aromatic heterocycles. The van der Waals surface area contributed by atoms with Gasteiger partial charge in [-0.3, -0.25) is 14.4 Å². The van der Waals surface area contributed by atoms with Gasteiger partial charge >= 0.3 is 12.1 Å². The molecule has 0 spiro atoms. The van der Waals surface area contributed by atoms with Crippen molar-refractivity contribution in [2.75, 3.05) is 32.8 Å². The summed E-state index contributed by atoms with van der Waals surface area (Å²) >= 11 is 0. The summed E-state index contributed by atoms with van der Waals surface area (Å²) in [4.78, 5) is 26.2. The SMILES string of the molecule is Cn1cc(CN2CC[C@H]3C(=O)N(CC4CC4)CCO[C@H]3C2)cn1.O=C(O)C(F)(F)F. The Labute approximate surface area is 172 Å². The van der Waals surface area contributed by atoms with E-state index in [1.807, 2.05) is 17.9 Å². The summed E-state index contributed by atoms with van der Waals surface area (Å²) in [6, 6.07) is 0. The number of piperidine rings is 1. The molecular formula is C19H27F3N4O4. The van der Waals surface area contributed by atoms with E-state index >= 15 is 0 Å². The molecule has 8 nitrogen and oxygen atoms in total. The molecular weight excluding hydrogens is 405 g/mol. The summed E-state index contributed by atoms with van der Waals surface area (Å²) in [5.41, 5.74) is 1.22. The van der Waals surface area contributed by atoms with Gasteiger partial charge in [-0.15, -0.1) is 0 Å². The number of halogens is 3. The van der Waals surface area contributed by atoms with Gasteiger partial charge in [0.1, 0.15) is 0 Å². The minimum absolute atomic E-state index is 0.0529. The van der Waals surface area contributed by atoms with Crippen LogP contribution in [0, 0.1) is 11.8 Å². The molecule has 1 amide bonds. The summed E-state index contributed by atoms with van der Waals surface area (Å²) in [5, 5.41) is 11.4. The number of aryl methyl sites for hydroxylation is 1. The van der Waals surface area contributed by atoms with E-state index in [0.29, 0.717) is 12.5 Å². The first-order chi connectivity index (χ1) is 14.1. The third-order valence-electron chi connectivity index (χ3n) is 5.55. The van der Waals surface area contributed by atoms with Crippen LogP contribution in [0.15, 0.2) is 12.4 Å². The predicted molar refractivity (Wildman–Crippen MR) is 99.3 cm³/mol. The molecule has 3 fully saturated rings. The second kappa shape index (κ2) is 9.34. The fraction of sp³-hybridized carbons (Fsp3) is 0.737. The van der Waals surface area contributed by atoms with Gasteiger partial charge in [-0.1, -0.05) is 0 Å². The number of aromatic nitrogens is 2. The number of hydrogen-bond acceptors (Lipinski definition) is 5. The number of hydrogen-bond donors (Lipinski definition) is 1. The van der Waals surface area contributed by atoms with Gasteiger partial charge in [-0.25, -0.2) is 4.79 Å². The predicted octanol–water partition coefficient (Wildman–Crippen LogP) is 1.51. The molecule has 168 valence electrons. The lowest BCUT2D eigenvalue weighted by atomic mass is 9.92. The largest absolute Gasteiger partial charge is 0.490 e. The molecule has 0 unspecified atom stereocenters. The Morgan fingerprint density at radius 2 is 2.00 bits per heavy atom. The Morgan fingerprint density at radius 1 is 1.30 bits per heavy atom. The number of likely N-dealkylation sites (tertiary alicyclic amines) is 1. The minimum Gasteiger partial charge on any atom is -0.475 e. The number of carboxylic acids is 1. The quantitative estimate of drug-likeness (QED) is 0.776. The van der Waals surface area contributed by atoms with Crippen molar-refractivity contribution in [2.45, 2.75) is 38.1 Å². The molecule has 2 atom stereocenters. The highest BCUT2D eigenvalue weighted by Gasteiger charge is 2.40. The van der Waals surface area contributed by atoms with Crippen LogP contribution in [0.2, 0.25) is 0 Å². The minimum atomic E-state index is -5.08. The van der Waals surface area contributed by atoms with Crippen LogP contribution in [-0.4, -0.2) is 81.6 Å². The Hall–Kier alpha value is -2.14. The molecule has 1 saturated carbocycles. The highest BCUT2D eigenvalue weighted by atomic mass is 19.4. The van der Waals surface area contributed by atoms with Crippen LogP contribution in [0.1, 0.15) is 24.8 Å². The van der Waals surface area contributed by atoms with Crippen molar-refractivity contribution in [3.63, 3.8) is 0 Å². The fourth-order valence-corrected chi connectivity index (χ4v) is 3.84. The topological polar surface area (TPSA) is 87.9 Å². The number of amides is 1. The Bertz CT molecular complexity index is 750. The van der Waals surface area contributed by atoms with E-state index in [0.717, 1.165) is 45.1 Å². The normalized spacial score (nSPS) is 25.2. The highest BCUT2D eigenvalue weighted by Crippen LogP contribution is 2.32. The van der Waals surface area contributed by atoms with Crippen molar-refractivity contribution in [1.29, 1.82) is 0 Å². The van der Waals surface area contributed by atoms with E-state index < -0.39 is 12.1 Å². The van der Waals surface area contributed by atoms with E-state index in [9.17, 15) is 18.0 Å². The lowest BCUT2D eigenvalue weighted by Crippen LogP contribution is -2.49. The molecule has 0 bridgehead atoms. The molecule has 0 radical (unpaired) electrons. The third-order valence-corrected chi connectivity index (χ3v) is 5.55. The van der Waals surface area contributed by atoms with E-state index in [2.05, 4.69) is 21.1 Å². The Balaban J connectivity index is 0.000000318. The summed E-state index contributed by atoms with van der Waals surface area (Å²) < 4.78 is 39.6. The zero-order chi connectivity index (χ0) is 21.9. The number of ether oxygens (including phenoxy) is 1. The van der Waals surface area contributed by atoms with Crippen molar-refractivity contribution in [1.82, 2.24) is 19.6 Å². The van der Waals surface area contributed by atoms with Gasteiger partial charge in [0.2, 0.25) is 5.91 Å². The molecule has 1 aromatic rings. The number of carbonyl (C=O) groups excluding carboxylic acids is 1. The van der Waals surface area contributed by atoms with Gasteiger partial charge in [0.05, 0.1) is 24.8 Å². The monoisotopic (exact) mass is 432 g/mol. The van der Waals surface area contributed by atoms with Crippen LogP contribution >= 0.6 is 0 Å². The maximum atomic E-state index is 12.8. The molecule has 3 aliphatic rings. The van der Waals surface area contributed by atoms with E-state index in [1.54, 1.807) is 0 Å². The summed E-state index contributed by atoms with van der Waals surface area (Å²) in [6.07, 6.45) is 2.43. The first-order valence-corrected chi connectivity index (χ1v) is 10.0. The maximum absolute atomic E-state index is 12.8. The third kappa shape index (κ3) is 6.18. The number of carboxylic acid groups (broad SMARTS) is 1. The molecule has 3 heterocycles. The fourth-order valence-electron chi connectivity index (χ4n) is 3.84. The second-order valence-corrected chi connectivity index (χ2v) is 8.09. The summed E-state index contributed by atoms with van der Waals surface area (Å²) in [7, 11) is 1.94. The van der Waals surface area contributed by atoms with E-state index in [-0.39, 0.29) is 12.0 Å². The first-order valence-electron chi connectivity index (χ1n) is 10.0. The van der Waals surface area contributed by atoms with E-state index in [1.165, 1.54) is 18.4 Å². The molecule has 2 saturated heterocycles. The number of rotatable bonds is 4. The number of aliphatic carboxylic acids is 1. The Morgan fingerprint density at radius 3 is 2.57 bits per heavy atom. The van der Waals surface area contributed by atoms with Crippen LogP contribution in [0.25, 0.3) is 0 Å². The van der Waals surface area contributed by atoms with Crippen LogP contribution in [-0.2, 0) is 27.9 Å². The number of fused-ring (bicyclic) bond motifs is 1. The maximum Gasteiger partial charge on any atom is 0.490 e. The Kier molecular flexibility index (Phi) is 7.02. The molecule has 4 rings (SSSR count). The zero-order valence-corrected chi connectivity index (χ0v) is 16.8. The van der Waals surface area contributed by atoms with Gasteiger partial charge < -0.3 is 14.7 Å². The number of nitrogens with zero attached hydrogens (tertiary/aromatic N) is 4. The van der Waals surface area contributed by atoms with Gasteiger partial charge in [0.15, 0.2) is 0 Å². The van der Waals surface area contributed by atoms with Crippen molar-refractivity contribution in [3.05, 3.63) is 18.0 Å². The van der Waals surface area contributed by atoms with E-state index in [4.69, 9.17) is 14.6 Å².